The molecule has 0 aliphatic carbocycles. The predicted octanol–water partition coefficient (Wildman–Crippen LogP) is 7.19. The first-order valence-corrected chi connectivity index (χ1v) is 10.8. The first-order chi connectivity index (χ1) is 15.0. The van der Waals surface area contributed by atoms with Crippen LogP contribution >= 0.6 is 0 Å². The molecule has 178 valence electrons. The lowest BCUT2D eigenvalue weighted by Gasteiger charge is -2.43. The normalized spacial score (nSPS) is 14.8. The number of hydrogen-bond acceptors (Lipinski definition) is 2. The molecule has 0 fully saturated rings. The molecule has 0 spiro atoms. The van der Waals surface area contributed by atoms with Crippen molar-refractivity contribution in [3.05, 3.63) is 70.8 Å². The second-order valence-corrected chi connectivity index (χ2v) is 7.50. The second kappa shape index (κ2) is 10.7. The Morgan fingerprint density at radius 3 is 1.09 bits per heavy atom. The van der Waals surface area contributed by atoms with Crippen molar-refractivity contribution in [1.29, 1.82) is 0 Å². The topological polar surface area (TPSA) is 6.48 Å². The van der Waals surface area contributed by atoms with Gasteiger partial charge in [-0.15, -0.1) is 0 Å². The quantitative estimate of drug-likeness (QED) is 0.366. The minimum Gasteiger partial charge on any atom is -0.295 e. The summed E-state index contributed by atoms with van der Waals surface area (Å²) in [6.45, 7) is 8.78. The zero-order valence-corrected chi connectivity index (χ0v) is 18.8. The van der Waals surface area contributed by atoms with Gasteiger partial charge in [0.1, 0.15) is 0 Å². The van der Waals surface area contributed by atoms with Gasteiger partial charge in [-0.25, -0.2) is 0 Å². The van der Waals surface area contributed by atoms with Gasteiger partial charge in [0.15, 0.2) is 0 Å². The fourth-order valence-corrected chi connectivity index (χ4v) is 4.39. The first-order valence-electron chi connectivity index (χ1n) is 10.8. The molecule has 0 aromatic heterocycles. The van der Waals surface area contributed by atoms with Gasteiger partial charge in [0, 0.05) is 0 Å². The molecule has 2 aromatic carbocycles. The molecular weight excluding hydrogens is 430 g/mol. The number of nitrogens with zero attached hydrogens (tertiary/aromatic N) is 2. The monoisotopic (exact) mass is 460 g/mol. The van der Waals surface area contributed by atoms with Gasteiger partial charge in [0.2, 0.25) is 0 Å². The summed E-state index contributed by atoms with van der Waals surface area (Å²) in [5, 5.41) is 0. The molecule has 2 aromatic rings. The smallest absolute Gasteiger partial charge is 0.295 e. The third-order valence-electron chi connectivity index (χ3n) is 5.88. The van der Waals surface area contributed by atoms with Gasteiger partial charge in [-0.2, -0.15) is 26.3 Å². The molecule has 32 heavy (non-hydrogen) atoms. The molecular formula is C24H30F6N2. The molecule has 0 amide bonds. The van der Waals surface area contributed by atoms with Crippen LogP contribution in [0.15, 0.2) is 48.5 Å². The minimum absolute atomic E-state index is 0.0161. The van der Waals surface area contributed by atoms with Gasteiger partial charge < -0.3 is 0 Å². The molecule has 0 N–H and O–H groups in total. The number of hydrogen-bond donors (Lipinski definition) is 0. The third-order valence-corrected chi connectivity index (χ3v) is 5.88. The zero-order chi connectivity index (χ0) is 24.1. The highest BCUT2D eigenvalue weighted by atomic mass is 19.4. The van der Waals surface area contributed by atoms with E-state index in [1.807, 2.05) is 27.7 Å². The number of alkyl halides is 6. The molecule has 2 atom stereocenters. The number of rotatable bonds is 9. The maximum atomic E-state index is 14.0. The van der Waals surface area contributed by atoms with Crippen molar-refractivity contribution in [3.63, 3.8) is 0 Å². The molecule has 0 saturated heterocycles. The Kier molecular flexibility index (Phi) is 8.76. The summed E-state index contributed by atoms with van der Waals surface area (Å²) in [6, 6.07) is 8.56. The fourth-order valence-electron chi connectivity index (χ4n) is 4.39. The van der Waals surface area contributed by atoms with Crippen LogP contribution in [0, 0.1) is 0 Å². The summed E-state index contributed by atoms with van der Waals surface area (Å²) >= 11 is 0. The largest absolute Gasteiger partial charge is 0.416 e. The van der Waals surface area contributed by atoms with Gasteiger partial charge in [-0.3, -0.25) is 9.80 Å². The van der Waals surface area contributed by atoms with Crippen LogP contribution in [-0.2, 0) is 12.4 Å². The Balaban J connectivity index is 2.90. The number of halogens is 6. The maximum Gasteiger partial charge on any atom is 0.416 e. The highest BCUT2D eigenvalue weighted by Crippen LogP contribution is 2.46. The SMILES string of the molecule is CCN(CC)C(c1ccccc1C(F)(F)F)C(c1ccccc1C(F)(F)F)N(CC)CC. The van der Waals surface area contributed by atoms with Gasteiger partial charge in [-0.1, -0.05) is 64.1 Å². The van der Waals surface area contributed by atoms with E-state index in [-0.39, 0.29) is 11.1 Å². The third kappa shape index (κ3) is 5.64. The van der Waals surface area contributed by atoms with Crippen molar-refractivity contribution < 1.29 is 26.3 Å². The molecule has 2 rings (SSSR count). The zero-order valence-electron chi connectivity index (χ0n) is 18.8. The van der Waals surface area contributed by atoms with Crippen molar-refractivity contribution in [2.24, 2.45) is 0 Å². The molecule has 2 nitrogen and oxygen atoms in total. The summed E-state index contributed by atoms with van der Waals surface area (Å²) in [5.41, 5.74) is -1.67. The molecule has 0 aliphatic heterocycles. The van der Waals surface area contributed by atoms with Crippen molar-refractivity contribution in [3.8, 4) is 0 Å². The molecule has 0 aliphatic rings. The Hall–Kier alpha value is -2.06. The molecule has 0 bridgehead atoms. The molecule has 0 heterocycles. The minimum atomic E-state index is -4.63. The standard InChI is InChI=1S/C24H30F6N2/c1-5-31(6-2)21(17-13-9-11-15-19(17)23(25,26)27)22(32(7-3)8-4)18-14-10-12-16-20(18)24(28,29)30/h9-16,21-22H,5-8H2,1-4H3. The average molecular weight is 461 g/mol. The van der Waals surface area contributed by atoms with Gasteiger partial charge in [0.25, 0.3) is 0 Å². The van der Waals surface area contributed by atoms with Crippen LogP contribution in [0.2, 0.25) is 0 Å². The Morgan fingerprint density at radius 1 is 0.562 bits per heavy atom. The summed E-state index contributed by atoms with van der Waals surface area (Å²) in [5.74, 6) is 0. The summed E-state index contributed by atoms with van der Waals surface area (Å²) in [7, 11) is 0. The van der Waals surface area contributed by atoms with E-state index in [0.717, 1.165) is 12.1 Å². The van der Waals surface area contributed by atoms with Crippen LogP contribution in [0.4, 0.5) is 26.3 Å². The van der Waals surface area contributed by atoms with Gasteiger partial charge in [0.05, 0.1) is 23.2 Å². The average Bonchev–Trinajstić information content (AvgIpc) is 2.75. The van der Waals surface area contributed by atoms with Crippen molar-refractivity contribution in [1.82, 2.24) is 9.80 Å². The lowest BCUT2D eigenvalue weighted by atomic mass is 9.85. The number of likely N-dealkylation sites (N-methyl/N-ethyl adjacent to an activating group) is 2. The van der Waals surface area contributed by atoms with Crippen LogP contribution in [0.5, 0.6) is 0 Å². The summed E-state index contributed by atoms with van der Waals surface area (Å²) in [6.07, 6.45) is -9.25. The Labute approximate surface area is 185 Å². The van der Waals surface area contributed by atoms with Crippen LogP contribution in [0.1, 0.15) is 62.0 Å². The summed E-state index contributed by atoms with van der Waals surface area (Å²) < 4.78 is 83.8. The first kappa shape index (κ1) is 26.2. The van der Waals surface area contributed by atoms with Crippen LogP contribution < -0.4 is 0 Å². The Morgan fingerprint density at radius 2 is 0.844 bits per heavy atom. The van der Waals surface area contributed by atoms with Crippen LogP contribution in [0.3, 0.4) is 0 Å². The fraction of sp³-hybridized carbons (Fsp3) is 0.500. The van der Waals surface area contributed by atoms with E-state index in [2.05, 4.69) is 0 Å². The van der Waals surface area contributed by atoms with E-state index < -0.39 is 35.6 Å². The van der Waals surface area contributed by atoms with Crippen molar-refractivity contribution in [2.45, 2.75) is 52.1 Å². The highest BCUT2D eigenvalue weighted by Gasteiger charge is 2.43. The van der Waals surface area contributed by atoms with E-state index in [9.17, 15) is 26.3 Å². The van der Waals surface area contributed by atoms with Gasteiger partial charge in [-0.05, 0) is 49.4 Å². The predicted molar refractivity (Wildman–Crippen MR) is 114 cm³/mol. The Bertz CT molecular complexity index is 783. The number of benzene rings is 2. The molecule has 2 unspecified atom stereocenters. The van der Waals surface area contributed by atoms with E-state index >= 15 is 0 Å². The van der Waals surface area contributed by atoms with E-state index in [0.29, 0.717) is 26.2 Å². The molecule has 8 heteroatoms. The molecule has 0 saturated carbocycles. The van der Waals surface area contributed by atoms with E-state index in [4.69, 9.17) is 0 Å². The van der Waals surface area contributed by atoms with Crippen LogP contribution in [0.25, 0.3) is 0 Å². The lowest BCUT2D eigenvalue weighted by molar-refractivity contribution is -0.141. The highest BCUT2D eigenvalue weighted by molar-refractivity contribution is 5.39. The van der Waals surface area contributed by atoms with Crippen molar-refractivity contribution >= 4 is 0 Å². The molecule has 0 radical (unpaired) electrons. The van der Waals surface area contributed by atoms with Crippen LogP contribution in [-0.4, -0.2) is 36.0 Å². The second-order valence-electron chi connectivity index (χ2n) is 7.50. The van der Waals surface area contributed by atoms with Gasteiger partial charge >= 0.3 is 12.4 Å². The van der Waals surface area contributed by atoms with E-state index in [1.54, 1.807) is 9.80 Å². The van der Waals surface area contributed by atoms with E-state index in [1.165, 1.54) is 36.4 Å². The lowest BCUT2D eigenvalue weighted by Crippen LogP contribution is -2.42. The van der Waals surface area contributed by atoms with Crippen molar-refractivity contribution in [2.75, 3.05) is 26.2 Å². The summed E-state index contributed by atoms with van der Waals surface area (Å²) in [4.78, 5) is 3.61. The maximum absolute atomic E-state index is 14.0.